The van der Waals surface area contributed by atoms with Crippen LogP contribution in [0.1, 0.15) is 83.1 Å². The molecule has 8 heteroatoms. The monoisotopic (exact) mass is 540 g/mol. The molecule has 0 aromatic heterocycles. The number of benzene rings is 2. The number of hydrogen-bond donors (Lipinski definition) is 1. The quantitative estimate of drug-likeness (QED) is 0.219. The molecular formula is C31H44N2O6. The summed E-state index contributed by atoms with van der Waals surface area (Å²) >= 11 is 0. The summed E-state index contributed by atoms with van der Waals surface area (Å²) in [5.41, 5.74) is 0.935. The van der Waals surface area contributed by atoms with Crippen LogP contribution in [-0.2, 0) is 20.8 Å². The Morgan fingerprint density at radius 1 is 0.821 bits per heavy atom. The van der Waals surface area contributed by atoms with Crippen LogP contribution in [0.5, 0.6) is 0 Å². The molecule has 0 bridgehead atoms. The predicted octanol–water partition coefficient (Wildman–Crippen LogP) is 6.91. The van der Waals surface area contributed by atoms with E-state index < -0.39 is 23.4 Å². The molecule has 0 aliphatic carbocycles. The number of hydrogen-bond acceptors (Lipinski definition) is 6. The zero-order valence-corrected chi connectivity index (χ0v) is 24.2. The number of nitrogens with zero attached hydrogens (tertiary/aromatic N) is 1. The van der Waals surface area contributed by atoms with Crippen molar-refractivity contribution in [3.8, 4) is 0 Å². The number of carbonyl (C=O) groups excluding carboxylic acids is 3. The van der Waals surface area contributed by atoms with Gasteiger partial charge in [0.2, 0.25) is 0 Å². The van der Waals surface area contributed by atoms with E-state index in [2.05, 4.69) is 5.32 Å². The third kappa shape index (κ3) is 13.3. The number of carbonyl (C=O) groups is 3. The summed E-state index contributed by atoms with van der Waals surface area (Å²) in [7, 11) is 0. The van der Waals surface area contributed by atoms with Crippen LogP contribution in [0.15, 0.2) is 54.6 Å². The third-order valence-corrected chi connectivity index (χ3v) is 5.40. The van der Waals surface area contributed by atoms with Gasteiger partial charge in [-0.2, -0.15) is 0 Å². The molecule has 0 saturated heterocycles. The van der Waals surface area contributed by atoms with Crippen LogP contribution in [0.25, 0.3) is 0 Å². The van der Waals surface area contributed by atoms with Crippen LogP contribution in [0.2, 0.25) is 0 Å². The lowest BCUT2D eigenvalue weighted by atomic mass is 10.1. The number of anilines is 1. The Labute approximate surface area is 233 Å². The van der Waals surface area contributed by atoms with Gasteiger partial charge in [0.25, 0.3) is 0 Å². The molecule has 0 radical (unpaired) electrons. The van der Waals surface area contributed by atoms with Crippen molar-refractivity contribution in [1.82, 2.24) is 5.32 Å². The molecule has 214 valence electrons. The van der Waals surface area contributed by atoms with Gasteiger partial charge in [-0.3, -0.25) is 9.69 Å². The average Bonchev–Trinajstić information content (AvgIpc) is 2.84. The Hall–Kier alpha value is -3.39. The van der Waals surface area contributed by atoms with Crippen molar-refractivity contribution in [2.45, 2.75) is 85.0 Å². The van der Waals surface area contributed by atoms with Gasteiger partial charge in [0.15, 0.2) is 5.78 Å². The van der Waals surface area contributed by atoms with Gasteiger partial charge in [0.1, 0.15) is 11.2 Å². The summed E-state index contributed by atoms with van der Waals surface area (Å²) in [6.07, 6.45) is 1.59. The summed E-state index contributed by atoms with van der Waals surface area (Å²) in [5.74, 6) is -0.146. The van der Waals surface area contributed by atoms with Gasteiger partial charge in [-0.1, -0.05) is 42.5 Å². The van der Waals surface area contributed by atoms with Crippen LogP contribution >= 0.6 is 0 Å². The van der Waals surface area contributed by atoms with E-state index in [1.807, 2.05) is 51.1 Å². The number of unbranched alkanes of at least 4 members (excludes halogenated alkanes) is 2. The third-order valence-electron chi connectivity index (χ3n) is 5.40. The number of nitrogens with one attached hydrogen (secondary N) is 1. The highest BCUT2D eigenvalue weighted by Crippen LogP contribution is 2.21. The van der Waals surface area contributed by atoms with Crippen molar-refractivity contribution in [3.05, 3.63) is 65.7 Å². The number of Topliss-reactive ketones (excluding diaryl/α,β-unsaturated/α-hetero) is 1. The highest BCUT2D eigenvalue weighted by molar-refractivity contribution is 5.98. The molecule has 8 nitrogen and oxygen atoms in total. The summed E-state index contributed by atoms with van der Waals surface area (Å²) in [6, 6.07) is 17.0. The normalized spacial score (nSPS) is 11.5. The smallest absolute Gasteiger partial charge is 0.414 e. The maximum atomic E-state index is 13.1. The number of alkyl carbamates (subject to hydrolysis) is 1. The Bertz CT molecular complexity index is 1060. The van der Waals surface area contributed by atoms with Crippen molar-refractivity contribution < 1.29 is 28.6 Å². The van der Waals surface area contributed by atoms with Gasteiger partial charge in [0.05, 0.1) is 6.61 Å². The predicted molar refractivity (Wildman–Crippen MR) is 153 cm³/mol. The van der Waals surface area contributed by atoms with E-state index in [-0.39, 0.29) is 18.7 Å². The molecule has 0 aliphatic rings. The SMILES string of the molecule is CC(C)(C)OC(=O)NCCC(=O)c1cccc(N(CCCCCOCc2ccccc2)C(=O)OC(C)(C)C)c1. The number of amides is 2. The van der Waals surface area contributed by atoms with E-state index in [0.29, 0.717) is 31.0 Å². The lowest BCUT2D eigenvalue weighted by molar-refractivity contribution is 0.0524. The molecule has 0 spiro atoms. The molecule has 0 unspecified atom stereocenters. The van der Waals surface area contributed by atoms with Crippen molar-refractivity contribution in [2.24, 2.45) is 0 Å². The van der Waals surface area contributed by atoms with Crippen LogP contribution in [-0.4, -0.2) is 48.9 Å². The van der Waals surface area contributed by atoms with Gasteiger partial charge in [-0.25, -0.2) is 9.59 Å². The molecule has 0 fully saturated rings. The van der Waals surface area contributed by atoms with E-state index in [9.17, 15) is 14.4 Å². The zero-order valence-electron chi connectivity index (χ0n) is 24.2. The van der Waals surface area contributed by atoms with Crippen LogP contribution < -0.4 is 10.2 Å². The van der Waals surface area contributed by atoms with Crippen LogP contribution in [0.4, 0.5) is 15.3 Å². The average molecular weight is 541 g/mol. The summed E-state index contributed by atoms with van der Waals surface area (Å²) in [5, 5.41) is 2.60. The Morgan fingerprint density at radius 3 is 2.18 bits per heavy atom. The Kier molecular flexibility index (Phi) is 12.5. The summed E-state index contributed by atoms with van der Waals surface area (Å²) in [4.78, 5) is 39.3. The number of ketones is 1. The lowest BCUT2D eigenvalue weighted by Gasteiger charge is -2.28. The van der Waals surface area contributed by atoms with E-state index in [0.717, 1.165) is 24.8 Å². The molecule has 2 amide bonds. The van der Waals surface area contributed by atoms with Gasteiger partial charge in [-0.15, -0.1) is 0 Å². The van der Waals surface area contributed by atoms with Gasteiger partial charge in [-0.05, 0) is 78.5 Å². The molecule has 0 aliphatic heterocycles. The topological polar surface area (TPSA) is 94.2 Å². The zero-order chi connectivity index (χ0) is 28.9. The lowest BCUT2D eigenvalue weighted by Crippen LogP contribution is -2.37. The molecule has 0 heterocycles. The standard InChI is InChI=1S/C31H44N2O6/c1-30(2,3)38-28(35)32-19-18-27(34)25-16-13-17-26(22-25)33(29(36)39-31(4,5)6)20-11-8-12-21-37-23-24-14-9-7-10-15-24/h7,9-10,13-17,22H,8,11-12,18-21,23H2,1-6H3,(H,32,35). The second-order valence-corrected chi connectivity index (χ2v) is 11.4. The Morgan fingerprint density at radius 2 is 1.51 bits per heavy atom. The molecular weight excluding hydrogens is 496 g/mol. The van der Waals surface area contributed by atoms with Gasteiger partial charge < -0.3 is 19.5 Å². The molecule has 39 heavy (non-hydrogen) atoms. The second-order valence-electron chi connectivity index (χ2n) is 11.4. The first-order chi connectivity index (χ1) is 18.3. The van der Waals surface area contributed by atoms with Crippen molar-refractivity contribution in [1.29, 1.82) is 0 Å². The Balaban J connectivity index is 1.93. The minimum atomic E-state index is -0.651. The van der Waals surface area contributed by atoms with Crippen molar-refractivity contribution >= 4 is 23.7 Å². The molecule has 0 atom stereocenters. The summed E-state index contributed by atoms with van der Waals surface area (Å²) in [6.45, 7) is 12.6. The van der Waals surface area contributed by atoms with Crippen LogP contribution in [0.3, 0.4) is 0 Å². The molecule has 0 saturated carbocycles. The minimum Gasteiger partial charge on any atom is -0.444 e. The van der Waals surface area contributed by atoms with E-state index in [1.165, 1.54) is 0 Å². The first kappa shape index (κ1) is 31.8. The van der Waals surface area contributed by atoms with Crippen LogP contribution in [0, 0.1) is 0 Å². The maximum absolute atomic E-state index is 13.1. The number of rotatable bonds is 13. The fourth-order valence-corrected chi connectivity index (χ4v) is 3.64. The largest absolute Gasteiger partial charge is 0.444 e. The van der Waals surface area contributed by atoms with Gasteiger partial charge in [0, 0.05) is 37.4 Å². The van der Waals surface area contributed by atoms with Crippen molar-refractivity contribution in [3.63, 3.8) is 0 Å². The molecule has 2 aromatic rings. The first-order valence-corrected chi connectivity index (χ1v) is 13.6. The maximum Gasteiger partial charge on any atom is 0.414 e. The highest BCUT2D eigenvalue weighted by atomic mass is 16.6. The molecule has 2 rings (SSSR count). The molecule has 1 N–H and O–H groups in total. The number of ether oxygens (including phenoxy) is 3. The highest BCUT2D eigenvalue weighted by Gasteiger charge is 2.24. The summed E-state index contributed by atoms with van der Waals surface area (Å²) < 4.78 is 16.6. The van der Waals surface area contributed by atoms with Gasteiger partial charge >= 0.3 is 12.2 Å². The minimum absolute atomic E-state index is 0.109. The molecule has 2 aromatic carbocycles. The van der Waals surface area contributed by atoms with Crippen molar-refractivity contribution in [2.75, 3.05) is 24.6 Å². The second kappa shape index (κ2) is 15.3. The van der Waals surface area contributed by atoms with E-state index >= 15 is 0 Å². The van der Waals surface area contributed by atoms with E-state index in [4.69, 9.17) is 14.2 Å². The fraction of sp³-hybridized carbons (Fsp3) is 0.516. The fourth-order valence-electron chi connectivity index (χ4n) is 3.64. The van der Waals surface area contributed by atoms with E-state index in [1.54, 1.807) is 49.9 Å². The first-order valence-electron chi connectivity index (χ1n) is 13.6.